The lowest BCUT2D eigenvalue weighted by atomic mass is 9.97. The lowest BCUT2D eigenvalue weighted by Gasteiger charge is -2.13. The normalized spacial score (nSPS) is 11.8. The first-order chi connectivity index (χ1) is 9.56. The summed E-state index contributed by atoms with van der Waals surface area (Å²) in [5.41, 5.74) is 7.84. The molecule has 0 radical (unpaired) electrons. The molecule has 2 rings (SSSR count). The van der Waals surface area contributed by atoms with Crippen molar-refractivity contribution in [3.05, 3.63) is 54.1 Å². The van der Waals surface area contributed by atoms with Gasteiger partial charge in [0.05, 0.1) is 5.69 Å². The predicted octanol–water partition coefficient (Wildman–Crippen LogP) is 3.11. The van der Waals surface area contributed by atoms with E-state index in [-0.39, 0.29) is 17.6 Å². The summed E-state index contributed by atoms with van der Waals surface area (Å²) in [7, 11) is 0. The molecule has 0 heterocycles. The van der Waals surface area contributed by atoms with Gasteiger partial charge in [-0.1, -0.05) is 31.2 Å². The van der Waals surface area contributed by atoms with Crippen molar-refractivity contribution in [2.75, 3.05) is 11.1 Å². The molecule has 0 aromatic heterocycles. The van der Waals surface area contributed by atoms with Crippen molar-refractivity contribution in [3.8, 4) is 5.75 Å². The Bertz CT molecular complexity index is 594. The van der Waals surface area contributed by atoms with Gasteiger partial charge in [-0.2, -0.15) is 0 Å². The number of rotatable bonds is 4. The Morgan fingerprint density at radius 3 is 2.50 bits per heavy atom. The van der Waals surface area contributed by atoms with E-state index in [2.05, 4.69) is 5.32 Å². The fourth-order valence-corrected chi connectivity index (χ4v) is 2.00. The highest BCUT2D eigenvalue weighted by Crippen LogP contribution is 2.24. The topological polar surface area (TPSA) is 75.3 Å². The van der Waals surface area contributed by atoms with Crippen LogP contribution in [0.2, 0.25) is 0 Å². The van der Waals surface area contributed by atoms with E-state index in [1.54, 1.807) is 24.3 Å². The van der Waals surface area contributed by atoms with E-state index >= 15 is 0 Å². The quantitative estimate of drug-likeness (QED) is 0.590. The Kier molecular flexibility index (Phi) is 4.25. The molecule has 0 aliphatic rings. The molecule has 0 aliphatic heterocycles. The van der Waals surface area contributed by atoms with E-state index < -0.39 is 0 Å². The highest BCUT2D eigenvalue weighted by molar-refractivity contribution is 5.92. The Labute approximate surface area is 118 Å². The third-order valence-corrected chi connectivity index (χ3v) is 3.18. The van der Waals surface area contributed by atoms with Crippen LogP contribution in [0, 0.1) is 0 Å². The van der Waals surface area contributed by atoms with Crippen molar-refractivity contribution in [1.82, 2.24) is 0 Å². The second-order valence-electron chi connectivity index (χ2n) is 4.84. The third-order valence-electron chi connectivity index (χ3n) is 3.18. The SMILES string of the molecule is CC(CC(=O)Nc1ccccc1O)c1ccc(N)cc1. The number of nitrogens with one attached hydrogen (secondary N) is 1. The standard InChI is InChI=1S/C16H18N2O2/c1-11(12-6-8-13(17)9-7-12)10-16(20)18-14-4-2-3-5-15(14)19/h2-9,11,19H,10,17H2,1H3,(H,18,20). The van der Waals surface area contributed by atoms with Gasteiger partial charge in [-0.3, -0.25) is 4.79 Å². The van der Waals surface area contributed by atoms with Gasteiger partial charge in [0.1, 0.15) is 5.75 Å². The molecule has 0 fully saturated rings. The van der Waals surface area contributed by atoms with Crippen LogP contribution in [0.25, 0.3) is 0 Å². The molecule has 4 N–H and O–H groups in total. The molecular formula is C16H18N2O2. The van der Waals surface area contributed by atoms with Crippen LogP contribution >= 0.6 is 0 Å². The summed E-state index contributed by atoms with van der Waals surface area (Å²) in [5, 5.41) is 12.3. The van der Waals surface area contributed by atoms with Crippen LogP contribution in [0.5, 0.6) is 5.75 Å². The lowest BCUT2D eigenvalue weighted by molar-refractivity contribution is -0.116. The number of hydrogen-bond donors (Lipinski definition) is 3. The molecule has 0 bridgehead atoms. The first-order valence-electron chi connectivity index (χ1n) is 6.49. The number of phenols is 1. The zero-order valence-electron chi connectivity index (χ0n) is 11.3. The van der Waals surface area contributed by atoms with Gasteiger partial charge in [-0.25, -0.2) is 0 Å². The summed E-state index contributed by atoms with van der Waals surface area (Å²) in [6.07, 6.45) is 0.345. The maximum Gasteiger partial charge on any atom is 0.225 e. The lowest BCUT2D eigenvalue weighted by Crippen LogP contribution is -2.14. The minimum Gasteiger partial charge on any atom is -0.506 e. The van der Waals surface area contributed by atoms with E-state index in [0.717, 1.165) is 5.56 Å². The van der Waals surface area contributed by atoms with Crippen LogP contribution < -0.4 is 11.1 Å². The van der Waals surface area contributed by atoms with Crippen molar-refractivity contribution >= 4 is 17.3 Å². The first kappa shape index (κ1) is 13.9. The van der Waals surface area contributed by atoms with Gasteiger partial charge in [-0.15, -0.1) is 0 Å². The number of para-hydroxylation sites is 2. The fourth-order valence-electron chi connectivity index (χ4n) is 2.00. The molecule has 20 heavy (non-hydrogen) atoms. The van der Waals surface area contributed by atoms with Gasteiger partial charge in [0, 0.05) is 12.1 Å². The summed E-state index contributed by atoms with van der Waals surface area (Å²) in [6, 6.07) is 14.2. The van der Waals surface area contributed by atoms with Gasteiger partial charge in [-0.05, 0) is 35.7 Å². The molecule has 104 valence electrons. The second kappa shape index (κ2) is 6.10. The van der Waals surface area contributed by atoms with Gasteiger partial charge < -0.3 is 16.2 Å². The third kappa shape index (κ3) is 3.51. The van der Waals surface area contributed by atoms with E-state index in [1.807, 2.05) is 31.2 Å². The smallest absolute Gasteiger partial charge is 0.225 e. The second-order valence-corrected chi connectivity index (χ2v) is 4.84. The molecule has 0 saturated heterocycles. The molecule has 0 saturated carbocycles. The van der Waals surface area contributed by atoms with Gasteiger partial charge in [0.2, 0.25) is 5.91 Å². The van der Waals surface area contributed by atoms with Crippen molar-refractivity contribution in [1.29, 1.82) is 0 Å². The molecule has 1 atom stereocenters. The Balaban J connectivity index is 1.98. The van der Waals surface area contributed by atoms with E-state index in [0.29, 0.717) is 17.8 Å². The summed E-state index contributed by atoms with van der Waals surface area (Å²) >= 11 is 0. The number of nitrogens with two attached hydrogens (primary N) is 1. The van der Waals surface area contributed by atoms with E-state index in [4.69, 9.17) is 5.73 Å². The minimum atomic E-state index is -0.129. The number of hydrogen-bond acceptors (Lipinski definition) is 3. The van der Waals surface area contributed by atoms with Crippen LogP contribution in [-0.4, -0.2) is 11.0 Å². The zero-order chi connectivity index (χ0) is 14.5. The largest absolute Gasteiger partial charge is 0.506 e. The number of phenolic OH excluding ortho intramolecular Hbond substituents is 1. The van der Waals surface area contributed by atoms with Gasteiger partial charge in [0.25, 0.3) is 0 Å². The monoisotopic (exact) mass is 270 g/mol. The van der Waals surface area contributed by atoms with Crippen LogP contribution in [0.1, 0.15) is 24.8 Å². The average Bonchev–Trinajstić information content (AvgIpc) is 2.42. The van der Waals surface area contributed by atoms with Crippen LogP contribution in [0.15, 0.2) is 48.5 Å². The van der Waals surface area contributed by atoms with Crippen molar-refractivity contribution in [3.63, 3.8) is 0 Å². The summed E-state index contributed by atoms with van der Waals surface area (Å²) in [4.78, 5) is 12.0. The molecule has 0 spiro atoms. The summed E-state index contributed by atoms with van der Waals surface area (Å²) in [5.74, 6) is 0.0262. The van der Waals surface area contributed by atoms with Gasteiger partial charge in [0.15, 0.2) is 0 Å². The first-order valence-corrected chi connectivity index (χ1v) is 6.49. The molecule has 1 unspecified atom stereocenters. The Hall–Kier alpha value is -2.49. The zero-order valence-corrected chi connectivity index (χ0v) is 11.3. The van der Waals surface area contributed by atoms with Crippen LogP contribution in [0.4, 0.5) is 11.4 Å². The van der Waals surface area contributed by atoms with Crippen molar-refractivity contribution < 1.29 is 9.90 Å². The highest BCUT2D eigenvalue weighted by Gasteiger charge is 2.12. The number of aromatic hydroxyl groups is 1. The number of carbonyl (C=O) groups excluding carboxylic acids is 1. The average molecular weight is 270 g/mol. The highest BCUT2D eigenvalue weighted by atomic mass is 16.3. The summed E-state index contributed by atoms with van der Waals surface area (Å²) in [6.45, 7) is 1.98. The predicted molar refractivity (Wildman–Crippen MR) is 80.6 cm³/mol. The molecule has 2 aromatic rings. The van der Waals surface area contributed by atoms with Crippen LogP contribution in [-0.2, 0) is 4.79 Å². The minimum absolute atomic E-state index is 0.0704. The number of carbonyl (C=O) groups is 1. The van der Waals surface area contributed by atoms with Gasteiger partial charge >= 0.3 is 0 Å². The molecule has 0 aliphatic carbocycles. The van der Waals surface area contributed by atoms with Crippen LogP contribution in [0.3, 0.4) is 0 Å². The van der Waals surface area contributed by atoms with Crippen molar-refractivity contribution in [2.24, 2.45) is 0 Å². The van der Waals surface area contributed by atoms with E-state index in [9.17, 15) is 9.90 Å². The number of amides is 1. The molecule has 2 aromatic carbocycles. The van der Waals surface area contributed by atoms with E-state index in [1.165, 1.54) is 0 Å². The molecule has 4 nitrogen and oxygen atoms in total. The fraction of sp³-hybridized carbons (Fsp3) is 0.188. The van der Waals surface area contributed by atoms with Crippen molar-refractivity contribution in [2.45, 2.75) is 19.3 Å². The Morgan fingerprint density at radius 1 is 1.20 bits per heavy atom. The molecule has 1 amide bonds. The number of anilines is 2. The molecule has 4 heteroatoms. The maximum atomic E-state index is 12.0. The summed E-state index contributed by atoms with van der Waals surface area (Å²) < 4.78 is 0. The Morgan fingerprint density at radius 2 is 1.85 bits per heavy atom. The molecular weight excluding hydrogens is 252 g/mol. The number of benzene rings is 2. The number of nitrogen functional groups attached to an aromatic ring is 1. The maximum absolute atomic E-state index is 12.0.